The molecule has 8 nitrogen and oxygen atoms in total. The molecular formula is C10H14N6O2. The highest BCUT2D eigenvalue weighted by atomic mass is 16.5. The molecule has 96 valence electrons. The Morgan fingerprint density at radius 1 is 1.22 bits per heavy atom. The minimum absolute atomic E-state index is 0.0305. The Morgan fingerprint density at radius 3 is 2.56 bits per heavy atom. The summed E-state index contributed by atoms with van der Waals surface area (Å²) in [6.07, 6.45) is -0.0627. The van der Waals surface area contributed by atoms with E-state index in [-0.39, 0.29) is 24.1 Å². The zero-order valence-electron chi connectivity index (χ0n) is 10.3. The van der Waals surface area contributed by atoms with E-state index >= 15 is 0 Å². The summed E-state index contributed by atoms with van der Waals surface area (Å²) in [5.74, 6) is 0.386. The molecule has 0 spiro atoms. The predicted octanol–water partition coefficient (Wildman–Crippen LogP) is 1.06. The van der Waals surface area contributed by atoms with Gasteiger partial charge in [0.25, 0.3) is 0 Å². The molecule has 0 amide bonds. The fourth-order valence-corrected chi connectivity index (χ4v) is 1.20. The Kier molecular flexibility index (Phi) is 3.26. The normalized spacial score (nSPS) is 10.7. The molecular weight excluding hydrogens is 236 g/mol. The van der Waals surface area contributed by atoms with Gasteiger partial charge in [-0.3, -0.25) is 5.10 Å². The van der Waals surface area contributed by atoms with Gasteiger partial charge in [-0.2, -0.15) is 9.97 Å². The molecule has 2 rings (SSSR count). The monoisotopic (exact) mass is 250 g/mol. The Morgan fingerprint density at radius 2 is 1.94 bits per heavy atom. The maximum Gasteiger partial charge on any atom is 0.331 e. The topological polar surface area (TPSA) is 112 Å². The van der Waals surface area contributed by atoms with Gasteiger partial charge in [-0.05, 0) is 20.8 Å². The first-order chi connectivity index (χ1) is 8.52. The highest BCUT2D eigenvalue weighted by Gasteiger charge is 2.10. The number of rotatable bonds is 4. The number of nitrogens with one attached hydrogen (secondary N) is 1. The van der Waals surface area contributed by atoms with Crippen LogP contribution in [-0.2, 0) is 0 Å². The van der Waals surface area contributed by atoms with Gasteiger partial charge in [0, 0.05) is 11.8 Å². The number of aromatic amines is 1. The van der Waals surface area contributed by atoms with Crippen LogP contribution in [0.5, 0.6) is 17.9 Å². The van der Waals surface area contributed by atoms with Crippen LogP contribution in [0.25, 0.3) is 0 Å². The third kappa shape index (κ3) is 3.06. The number of nitrogens with zero attached hydrogens (tertiary/aromatic N) is 4. The summed E-state index contributed by atoms with van der Waals surface area (Å²) >= 11 is 0. The summed E-state index contributed by atoms with van der Waals surface area (Å²) in [7, 11) is 0. The van der Waals surface area contributed by atoms with E-state index in [1.807, 2.05) is 20.8 Å². The lowest BCUT2D eigenvalue weighted by molar-refractivity contribution is 0.218. The van der Waals surface area contributed by atoms with Crippen LogP contribution in [0, 0.1) is 6.92 Å². The SMILES string of the molecule is Cc1cc(Oc2nc(N)nc(OC(C)C)n2)n[nH]1. The third-order valence-corrected chi connectivity index (χ3v) is 1.83. The Balaban J connectivity index is 2.19. The number of nitrogens with two attached hydrogens (primary N) is 1. The van der Waals surface area contributed by atoms with Crippen LogP contribution in [0.1, 0.15) is 19.5 Å². The maximum absolute atomic E-state index is 5.54. The van der Waals surface area contributed by atoms with Gasteiger partial charge in [0.1, 0.15) is 0 Å². The van der Waals surface area contributed by atoms with E-state index in [1.54, 1.807) is 6.07 Å². The first kappa shape index (κ1) is 12.1. The first-order valence-electron chi connectivity index (χ1n) is 5.41. The molecule has 0 aromatic carbocycles. The molecule has 3 N–H and O–H groups in total. The standard InChI is InChI=1S/C10H14N6O2/c1-5(2)17-9-12-8(11)13-10(14-9)18-7-4-6(3)15-16-7/h4-5H,1-3H3,(H,15,16)(H2,11,12,13,14). The molecule has 0 aliphatic heterocycles. The second-order valence-corrected chi connectivity index (χ2v) is 3.92. The number of anilines is 1. The number of H-pyrrole nitrogens is 1. The van der Waals surface area contributed by atoms with Crippen LogP contribution in [0.2, 0.25) is 0 Å². The van der Waals surface area contributed by atoms with E-state index in [4.69, 9.17) is 15.2 Å². The van der Waals surface area contributed by atoms with E-state index in [0.29, 0.717) is 5.88 Å². The minimum atomic E-state index is -0.0627. The molecule has 18 heavy (non-hydrogen) atoms. The van der Waals surface area contributed by atoms with Crippen molar-refractivity contribution >= 4 is 5.95 Å². The van der Waals surface area contributed by atoms with Gasteiger partial charge in [0.05, 0.1) is 6.10 Å². The Hall–Kier alpha value is -2.38. The van der Waals surface area contributed by atoms with Gasteiger partial charge in [0.15, 0.2) is 0 Å². The zero-order chi connectivity index (χ0) is 13.1. The maximum atomic E-state index is 5.54. The summed E-state index contributed by atoms with van der Waals surface area (Å²) in [4.78, 5) is 11.7. The average Bonchev–Trinajstić information content (AvgIpc) is 2.61. The molecule has 0 atom stereocenters. The molecule has 0 unspecified atom stereocenters. The molecule has 0 saturated heterocycles. The molecule has 0 radical (unpaired) electrons. The smallest absolute Gasteiger partial charge is 0.331 e. The van der Waals surface area contributed by atoms with Crippen molar-refractivity contribution in [1.29, 1.82) is 0 Å². The number of hydrogen-bond donors (Lipinski definition) is 2. The van der Waals surface area contributed by atoms with Crippen LogP contribution in [0.3, 0.4) is 0 Å². The molecule has 0 fully saturated rings. The van der Waals surface area contributed by atoms with Crippen molar-refractivity contribution in [3.63, 3.8) is 0 Å². The Labute approximate surface area is 104 Å². The highest BCUT2D eigenvalue weighted by molar-refractivity contribution is 5.23. The van der Waals surface area contributed by atoms with E-state index in [9.17, 15) is 0 Å². The lowest BCUT2D eigenvalue weighted by Crippen LogP contribution is -2.11. The van der Waals surface area contributed by atoms with Crippen molar-refractivity contribution < 1.29 is 9.47 Å². The second kappa shape index (κ2) is 4.86. The molecule has 0 aliphatic carbocycles. The Bertz CT molecular complexity index is 539. The number of aryl methyl sites for hydroxylation is 1. The molecule has 2 aromatic rings. The number of hydrogen-bond acceptors (Lipinski definition) is 7. The largest absolute Gasteiger partial charge is 0.461 e. The van der Waals surface area contributed by atoms with Gasteiger partial charge in [-0.1, -0.05) is 0 Å². The van der Waals surface area contributed by atoms with Crippen molar-refractivity contribution in [1.82, 2.24) is 25.1 Å². The van der Waals surface area contributed by atoms with Crippen molar-refractivity contribution in [3.05, 3.63) is 11.8 Å². The van der Waals surface area contributed by atoms with Crippen molar-refractivity contribution in [2.45, 2.75) is 26.9 Å². The summed E-state index contributed by atoms with van der Waals surface area (Å²) in [5, 5.41) is 6.64. The van der Waals surface area contributed by atoms with Crippen LogP contribution in [0.4, 0.5) is 5.95 Å². The molecule has 8 heteroatoms. The van der Waals surface area contributed by atoms with Gasteiger partial charge in [-0.15, -0.1) is 10.1 Å². The predicted molar refractivity (Wildman–Crippen MR) is 63.4 cm³/mol. The molecule has 2 heterocycles. The highest BCUT2D eigenvalue weighted by Crippen LogP contribution is 2.18. The molecule has 0 aliphatic rings. The summed E-state index contributed by atoms with van der Waals surface area (Å²) in [5.41, 5.74) is 6.41. The minimum Gasteiger partial charge on any atom is -0.461 e. The fraction of sp³-hybridized carbons (Fsp3) is 0.400. The van der Waals surface area contributed by atoms with Crippen LogP contribution < -0.4 is 15.2 Å². The summed E-state index contributed by atoms with van der Waals surface area (Å²) in [6, 6.07) is 1.88. The fourth-order valence-electron chi connectivity index (χ4n) is 1.20. The van der Waals surface area contributed by atoms with E-state index in [2.05, 4.69) is 25.1 Å². The number of nitrogen functional groups attached to an aromatic ring is 1. The van der Waals surface area contributed by atoms with Crippen LogP contribution in [-0.4, -0.2) is 31.3 Å². The van der Waals surface area contributed by atoms with Gasteiger partial charge in [0.2, 0.25) is 11.8 Å². The second-order valence-electron chi connectivity index (χ2n) is 3.92. The third-order valence-electron chi connectivity index (χ3n) is 1.83. The van der Waals surface area contributed by atoms with E-state index in [1.165, 1.54) is 0 Å². The summed E-state index contributed by atoms with van der Waals surface area (Å²) in [6.45, 7) is 5.57. The zero-order valence-corrected chi connectivity index (χ0v) is 10.3. The quantitative estimate of drug-likeness (QED) is 0.834. The van der Waals surface area contributed by atoms with Crippen molar-refractivity contribution in [2.75, 3.05) is 5.73 Å². The molecule has 0 bridgehead atoms. The van der Waals surface area contributed by atoms with E-state index < -0.39 is 0 Å². The summed E-state index contributed by atoms with van der Waals surface area (Å²) < 4.78 is 10.7. The lowest BCUT2D eigenvalue weighted by atomic mass is 10.5. The first-order valence-corrected chi connectivity index (χ1v) is 5.41. The lowest BCUT2D eigenvalue weighted by Gasteiger charge is -2.08. The van der Waals surface area contributed by atoms with Crippen LogP contribution >= 0.6 is 0 Å². The van der Waals surface area contributed by atoms with Gasteiger partial charge >= 0.3 is 12.0 Å². The number of aromatic nitrogens is 5. The molecule has 2 aromatic heterocycles. The van der Waals surface area contributed by atoms with E-state index in [0.717, 1.165) is 5.69 Å². The average molecular weight is 250 g/mol. The van der Waals surface area contributed by atoms with Crippen molar-refractivity contribution in [3.8, 4) is 17.9 Å². The molecule has 0 saturated carbocycles. The van der Waals surface area contributed by atoms with Gasteiger partial charge < -0.3 is 15.2 Å². The van der Waals surface area contributed by atoms with Crippen LogP contribution in [0.15, 0.2) is 6.07 Å². The van der Waals surface area contributed by atoms with Crippen molar-refractivity contribution in [2.24, 2.45) is 0 Å². The van der Waals surface area contributed by atoms with Gasteiger partial charge in [-0.25, -0.2) is 0 Å². The number of ether oxygens (including phenoxy) is 2.